The van der Waals surface area contributed by atoms with E-state index in [2.05, 4.69) is 130 Å². The summed E-state index contributed by atoms with van der Waals surface area (Å²) in [5, 5.41) is 20.6. The van der Waals surface area contributed by atoms with Crippen molar-refractivity contribution in [3.63, 3.8) is 0 Å². The number of phosphoric acid groups is 2. The van der Waals surface area contributed by atoms with Crippen LogP contribution in [-0.2, 0) is 55.8 Å². The van der Waals surface area contributed by atoms with Gasteiger partial charge in [0.2, 0.25) is 0 Å². The van der Waals surface area contributed by atoms with Crippen molar-refractivity contribution in [2.24, 2.45) is 0 Å². The van der Waals surface area contributed by atoms with Crippen LogP contribution in [0, 0.1) is 0 Å². The molecule has 0 amide bonds. The molecular formula is C75H130O16P2. The van der Waals surface area contributed by atoms with Crippen molar-refractivity contribution < 1.29 is 75.8 Å². The zero-order chi connectivity index (χ0) is 68.1. The summed E-state index contributed by atoms with van der Waals surface area (Å²) >= 11 is 0. The van der Waals surface area contributed by atoms with Crippen molar-refractivity contribution in [3.8, 4) is 0 Å². The van der Waals surface area contributed by atoms with Gasteiger partial charge in [0, 0.05) is 19.3 Å². The molecule has 0 fully saturated rings. The molecule has 0 spiro atoms. The molecule has 0 radical (unpaired) electrons. The Hall–Kier alpha value is -3.79. The van der Waals surface area contributed by atoms with E-state index in [-0.39, 0.29) is 19.3 Å². The summed E-state index contributed by atoms with van der Waals surface area (Å²) in [4.78, 5) is 58.5. The summed E-state index contributed by atoms with van der Waals surface area (Å²) in [5.41, 5.74) is 0. The van der Waals surface area contributed by atoms with Gasteiger partial charge < -0.3 is 34.2 Å². The number of unbranched alkanes of at least 4 members (excludes halogenated alkanes) is 27. The van der Waals surface area contributed by atoms with Gasteiger partial charge in [0.25, 0.3) is 0 Å². The number of esters is 3. The van der Waals surface area contributed by atoms with E-state index in [1.54, 1.807) is 0 Å². The molecule has 0 aliphatic carbocycles. The number of carbonyl (C=O) groups is 3. The highest BCUT2D eigenvalue weighted by Gasteiger charge is 2.29. The topological polar surface area (TPSA) is 231 Å². The monoisotopic (exact) mass is 1350 g/mol. The average molecular weight is 1350 g/mol. The highest BCUT2D eigenvalue weighted by atomic mass is 31.2. The SMILES string of the molecule is CCCCC/C=C\C/C=C\C/C=C\CCCCCCCCC(=O)OCC(O)COP(=O)(O)OCC(O)COP(=O)(O)OCC(COC(=O)CCCCCCCC/C=C\C/C=C\C/C=C\CCCCC)OC(=O)CCCCCCCC/C=C\C/C=C\C/C=C\CCCCC. The standard InChI is InChI=1S/C75H130O16P2/c1-4-7-10-13-16-19-22-25-28-31-34-37-40-43-46-49-52-55-58-61-73(78)85-64-70(76)65-87-92(81,82)88-66-71(77)67-89-93(83,84)90-69-72(91-75(80)63-60-57-54-51-48-45-42-39-36-33-30-27-24-21-18-15-12-9-6-3)68-86-74(79)62-59-56-53-50-47-44-41-38-35-32-29-26-23-20-17-14-11-8-5-2/h16-21,25-30,34-39,70-72,76-77H,4-15,22-24,31-33,40-69H2,1-3H3,(H,81,82)(H,83,84)/b19-16-,20-17-,21-18-,28-25-,29-26-,30-27-,37-34-,38-35-,39-36-. The Morgan fingerprint density at radius 1 is 0.301 bits per heavy atom. The number of ether oxygens (including phenoxy) is 3. The van der Waals surface area contributed by atoms with Gasteiger partial charge in [-0.1, -0.05) is 246 Å². The molecule has 536 valence electrons. The fourth-order valence-corrected chi connectivity index (χ4v) is 10.9. The Morgan fingerprint density at radius 3 is 0.849 bits per heavy atom. The number of allylic oxidation sites excluding steroid dienone is 18. The van der Waals surface area contributed by atoms with Crippen LogP contribution < -0.4 is 0 Å². The van der Waals surface area contributed by atoms with Gasteiger partial charge in [0.15, 0.2) is 6.10 Å². The van der Waals surface area contributed by atoms with Gasteiger partial charge in [0.1, 0.15) is 25.4 Å². The van der Waals surface area contributed by atoms with Gasteiger partial charge in [0.05, 0.1) is 26.4 Å². The molecule has 0 saturated heterocycles. The number of rotatable bonds is 68. The van der Waals surface area contributed by atoms with Crippen molar-refractivity contribution in [3.05, 3.63) is 109 Å². The quantitative estimate of drug-likeness (QED) is 0.0146. The van der Waals surface area contributed by atoms with Crippen LogP contribution in [0.15, 0.2) is 109 Å². The Kier molecular flexibility index (Phi) is 65.4. The maximum absolute atomic E-state index is 13.0. The number of hydrogen-bond acceptors (Lipinski definition) is 14. The predicted molar refractivity (Wildman–Crippen MR) is 380 cm³/mol. The minimum Gasteiger partial charge on any atom is -0.463 e. The lowest BCUT2D eigenvalue weighted by atomic mass is 10.1. The number of aliphatic hydroxyl groups is 2. The van der Waals surface area contributed by atoms with Crippen LogP contribution in [0.1, 0.15) is 290 Å². The first-order valence-corrected chi connectivity index (χ1v) is 39.2. The van der Waals surface area contributed by atoms with Crippen LogP contribution in [0.2, 0.25) is 0 Å². The van der Waals surface area contributed by atoms with E-state index < -0.39 is 91.5 Å². The first kappa shape index (κ1) is 89.2. The molecule has 0 aliphatic heterocycles. The van der Waals surface area contributed by atoms with Crippen LogP contribution in [0.4, 0.5) is 0 Å². The van der Waals surface area contributed by atoms with Gasteiger partial charge >= 0.3 is 33.6 Å². The maximum Gasteiger partial charge on any atom is 0.472 e. The summed E-state index contributed by atoms with van der Waals surface area (Å²) in [7, 11) is -9.80. The fraction of sp³-hybridized carbons (Fsp3) is 0.720. The first-order valence-electron chi connectivity index (χ1n) is 36.2. The molecule has 0 bridgehead atoms. The highest BCUT2D eigenvalue weighted by molar-refractivity contribution is 7.47. The fourth-order valence-electron chi connectivity index (χ4n) is 9.35. The molecular weight excluding hydrogens is 1220 g/mol. The molecule has 5 unspecified atom stereocenters. The van der Waals surface area contributed by atoms with Crippen LogP contribution in [0.3, 0.4) is 0 Å². The molecule has 0 rings (SSSR count). The van der Waals surface area contributed by atoms with Crippen LogP contribution >= 0.6 is 15.6 Å². The van der Waals surface area contributed by atoms with Gasteiger partial charge in [-0.05, 0) is 135 Å². The van der Waals surface area contributed by atoms with E-state index >= 15 is 0 Å². The second-order valence-corrected chi connectivity index (χ2v) is 26.9. The third kappa shape index (κ3) is 69.4. The molecule has 0 aromatic heterocycles. The normalized spacial score (nSPS) is 14.8. The van der Waals surface area contributed by atoms with E-state index in [1.165, 1.54) is 64.2 Å². The lowest BCUT2D eigenvalue weighted by Gasteiger charge is -2.21. The van der Waals surface area contributed by atoms with Gasteiger partial charge in [-0.3, -0.25) is 32.5 Å². The Labute approximate surface area is 564 Å². The van der Waals surface area contributed by atoms with Crippen LogP contribution in [0.5, 0.6) is 0 Å². The Morgan fingerprint density at radius 2 is 0.538 bits per heavy atom. The maximum atomic E-state index is 13.0. The van der Waals surface area contributed by atoms with Crippen molar-refractivity contribution in [1.82, 2.24) is 0 Å². The summed E-state index contributed by atoms with van der Waals surface area (Å²) < 4.78 is 61.0. The van der Waals surface area contributed by atoms with Gasteiger partial charge in [-0.2, -0.15) is 0 Å². The highest BCUT2D eigenvalue weighted by Crippen LogP contribution is 2.45. The Balaban J connectivity index is 4.75. The third-order valence-corrected chi connectivity index (χ3v) is 16.8. The smallest absolute Gasteiger partial charge is 0.463 e. The minimum atomic E-state index is -4.94. The number of carbonyl (C=O) groups excluding carboxylic acids is 3. The van der Waals surface area contributed by atoms with Crippen molar-refractivity contribution in [2.75, 3.05) is 39.6 Å². The summed E-state index contributed by atoms with van der Waals surface area (Å²) in [6, 6.07) is 0. The molecule has 18 heteroatoms. The van der Waals surface area contributed by atoms with E-state index in [4.69, 9.17) is 32.3 Å². The lowest BCUT2D eigenvalue weighted by Crippen LogP contribution is -2.30. The molecule has 93 heavy (non-hydrogen) atoms. The molecule has 0 saturated carbocycles. The van der Waals surface area contributed by atoms with Crippen molar-refractivity contribution in [2.45, 2.75) is 309 Å². The first-order chi connectivity index (χ1) is 45.2. The molecule has 0 aliphatic rings. The molecule has 5 atom stereocenters. The van der Waals surface area contributed by atoms with Crippen LogP contribution in [0.25, 0.3) is 0 Å². The number of aliphatic hydroxyl groups excluding tert-OH is 2. The van der Waals surface area contributed by atoms with Crippen molar-refractivity contribution in [1.29, 1.82) is 0 Å². The zero-order valence-electron chi connectivity index (χ0n) is 58.1. The van der Waals surface area contributed by atoms with Crippen molar-refractivity contribution >= 4 is 33.6 Å². The van der Waals surface area contributed by atoms with E-state index in [1.807, 2.05) is 0 Å². The second-order valence-electron chi connectivity index (χ2n) is 24.0. The van der Waals surface area contributed by atoms with E-state index in [0.29, 0.717) is 19.3 Å². The van der Waals surface area contributed by atoms with E-state index in [0.717, 1.165) is 167 Å². The second kappa shape index (κ2) is 68.2. The van der Waals surface area contributed by atoms with Crippen LogP contribution in [-0.4, -0.2) is 95.9 Å². The summed E-state index contributed by atoms with van der Waals surface area (Å²) in [6.07, 6.45) is 76.9. The third-order valence-electron chi connectivity index (χ3n) is 14.9. The molecule has 4 N–H and O–H groups in total. The number of phosphoric ester groups is 2. The molecule has 0 aromatic carbocycles. The Bertz CT molecular complexity index is 2130. The molecule has 0 heterocycles. The van der Waals surface area contributed by atoms with Gasteiger partial charge in [-0.25, -0.2) is 9.13 Å². The number of hydrogen-bond donors (Lipinski definition) is 4. The van der Waals surface area contributed by atoms with Gasteiger partial charge in [-0.15, -0.1) is 0 Å². The minimum absolute atomic E-state index is 0.0846. The predicted octanol–water partition coefficient (Wildman–Crippen LogP) is 20.4. The average Bonchev–Trinajstić information content (AvgIpc) is 3.57. The summed E-state index contributed by atoms with van der Waals surface area (Å²) in [5.74, 6) is -1.61. The van der Waals surface area contributed by atoms with E-state index in [9.17, 15) is 43.5 Å². The largest absolute Gasteiger partial charge is 0.472 e. The lowest BCUT2D eigenvalue weighted by molar-refractivity contribution is -0.161. The summed E-state index contributed by atoms with van der Waals surface area (Å²) in [6.45, 7) is 2.55. The molecule has 0 aromatic rings. The zero-order valence-corrected chi connectivity index (χ0v) is 59.9. The molecule has 16 nitrogen and oxygen atoms in total.